The molecule has 0 aromatic heterocycles. The summed E-state index contributed by atoms with van der Waals surface area (Å²) in [4.78, 5) is 0. The summed E-state index contributed by atoms with van der Waals surface area (Å²) in [5.74, 6) is -0.689. The molecule has 1 aromatic carbocycles. The van der Waals surface area contributed by atoms with Crippen molar-refractivity contribution in [2.45, 2.75) is 57.2 Å². The molecule has 1 saturated heterocycles. The minimum atomic E-state index is -3.84. The second-order valence-corrected chi connectivity index (χ2v) is 7.39. The van der Waals surface area contributed by atoms with Crippen LogP contribution in [0.3, 0.4) is 0 Å². The summed E-state index contributed by atoms with van der Waals surface area (Å²) < 4.78 is 43.4. The lowest BCUT2D eigenvalue weighted by Gasteiger charge is -2.21. The maximum Gasteiger partial charge on any atom is 0.338 e. The van der Waals surface area contributed by atoms with Crippen molar-refractivity contribution in [2.75, 3.05) is 6.54 Å². The van der Waals surface area contributed by atoms with Crippen molar-refractivity contribution in [3.05, 3.63) is 35.9 Å². The van der Waals surface area contributed by atoms with E-state index in [1.165, 1.54) is 0 Å². The average molecular weight is 341 g/mol. The van der Waals surface area contributed by atoms with Crippen LogP contribution in [0, 0.1) is 0 Å². The summed E-state index contributed by atoms with van der Waals surface area (Å²) in [6.45, 7) is 1.97. The van der Waals surface area contributed by atoms with Gasteiger partial charge < -0.3 is 9.47 Å². The van der Waals surface area contributed by atoms with Crippen molar-refractivity contribution >= 4 is 10.3 Å². The van der Waals surface area contributed by atoms with Crippen LogP contribution in [0.25, 0.3) is 0 Å². The molecule has 0 amide bonds. The molecule has 0 bridgehead atoms. The molecule has 1 saturated carbocycles. The fourth-order valence-corrected chi connectivity index (χ4v) is 4.03. The molecule has 3 rings (SSSR count). The molecule has 7 heteroatoms. The molecule has 2 fully saturated rings. The van der Waals surface area contributed by atoms with Gasteiger partial charge in [-0.25, -0.2) is 4.18 Å². The van der Waals surface area contributed by atoms with Crippen molar-refractivity contribution in [2.24, 2.45) is 0 Å². The second kappa shape index (κ2) is 6.86. The van der Waals surface area contributed by atoms with Crippen LogP contribution in [0.1, 0.15) is 38.2 Å². The van der Waals surface area contributed by atoms with Gasteiger partial charge in [-0.1, -0.05) is 37.3 Å². The van der Waals surface area contributed by atoms with Gasteiger partial charge in [0, 0.05) is 25.8 Å². The molecular formula is C16H23NO5S. The smallest absolute Gasteiger partial charge is 0.338 e. The van der Waals surface area contributed by atoms with Gasteiger partial charge in [-0.05, 0) is 18.4 Å². The largest absolute Gasteiger partial charge is 0.341 e. The van der Waals surface area contributed by atoms with Gasteiger partial charge in [-0.3, -0.25) is 0 Å². The summed E-state index contributed by atoms with van der Waals surface area (Å²) in [6.07, 6.45) is 2.78. The van der Waals surface area contributed by atoms with Gasteiger partial charge in [0.15, 0.2) is 5.79 Å². The van der Waals surface area contributed by atoms with Crippen molar-refractivity contribution in [1.82, 2.24) is 4.72 Å². The second-order valence-electron chi connectivity index (χ2n) is 6.00. The minimum Gasteiger partial charge on any atom is -0.341 e. The zero-order valence-electron chi connectivity index (χ0n) is 13.2. The summed E-state index contributed by atoms with van der Waals surface area (Å²) in [7, 11) is -3.84. The Morgan fingerprint density at radius 2 is 1.91 bits per heavy atom. The van der Waals surface area contributed by atoms with E-state index in [0.717, 1.165) is 31.2 Å². The first-order valence-electron chi connectivity index (χ1n) is 8.09. The number of nitrogens with one attached hydrogen (secondary N) is 1. The molecule has 23 heavy (non-hydrogen) atoms. The van der Waals surface area contributed by atoms with E-state index in [0.29, 0.717) is 6.42 Å². The van der Waals surface area contributed by atoms with Crippen LogP contribution < -0.4 is 4.72 Å². The van der Waals surface area contributed by atoms with E-state index in [9.17, 15) is 8.42 Å². The molecule has 1 heterocycles. The van der Waals surface area contributed by atoms with E-state index in [-0.39, 0.29) is 6.54 Å². The van der Waals surface area contributed by atoms with Gasteiger partial charge in [0.1, 0.15) is 6.10 Å². The lowest BCUT2D eigenvalue weighted by Crippen LogP contribution is -2.35. The highest BCUT2D eigenvalue weighted by molar-refractivity contribution is 7.84. The van der Waals surface area contributed by atoms with Gasteiger partial charge in [0.2, 0.25) is 6.29 Å². The Bertz CT molecular complexity index is 613. The third kappa shape index (κ3) is 4.10. The lowest BCUT2D eigenvalue weighted by molar-refractivity contribution is -0.187. The molecule has 1 N–H and O–H groups in total. The molecule has 1 aliphatic carbocycles. The summed E-state index contributed by atoms with van der Waals surface area (Å²) in [5.41, 5.74) is 1.06. The third-order valence-corrected chi connectivity index (χ3v) is 5.27. The topological polar surface area (TPSA) is 73.9 Å². The van der Waals surface area contributed by atoms with Crippen molar-refractivity contribution in [1.29, 1.82) is 0 Å². The molecule has 1 aliphatic heterocycles. The molecule has 1 spiro atoms. The maximum absolute atomic E-state index is 11.9. The number of hydrogen-bond donors (Lipinski definition) is 1. The zero-order chi connectivity index (χ0) is 16.3. The fraction of sp³-hybridized carbons (Fsp3) is 0.625. The number of ether oxygens (including phenoxy) is 2. The van der Waals surface area contributed by atoms with Crippen molar-refractivity contribution in [3.8, 4) is 0 Å². The molecule has 2 unspecified atom stereocenters. The van der Waals surface area contributed by atoms with Crippen molar-refractivity contribution in [3.63, 3.8) is 0 Å². The van der Waals surface area contributed by atoms with Crippen LogP contribution in [0.2, 0.25) is 0 Å². The minimum absolute atomic E-state index is 0.268. The Morgan fingerprint density at radius 3 is 2.57 bits per heavy atom. The Morgan fingerprint density at radius 1 is 1.22 bits per heavy atom. The first-order chi connectivity index (χ1) is 11.0. The van der Waals surface area contributed by atoms with Crippen LogP contribution in [-0.2, 0) is 30.4 Å². The Labute approximate surface area is 137 Å². The van der Waals surface area contributed by atoms with E-state index in [1.807, 2.05) is 30.3 Å². The van der Waals surface area contributed by atoms with E-state index in [2.05, 4.69) is 4.72 Å². The molecule has 128 valence electrons. The van der Waals surface area contributed by atoms with Gasteiger partial charge in [-0.2, -0.15) is 13.1 Å². The van der Waals surface area contributed by atoms with E-state index in [4.69, 9.17) is 13.7 Å². The van der Waals surface area contributed by atoms with Gasteiger partial charge in [0.25, 0.3) is 0 Å². The predicted molar refractivity (Wildman–Crippen MR) is 84.8 cm³/mol. The predicted octanol–water partition coefficient (Wildman–Crippen LogP) is 2.11. The van der Waals surface area contributed by atoms with Crippen LogP contribution in [0.15, 0.2) is 30.3 Å². The standard InChI is InChI=1S/C16H23NO5S/c1-2-17-23(18,19)22-15-14(12-13-8-4-3-5-9-13)20-16(21-15)10-6-7-11-16/h3-5,8-9,14-15,17H,2,6-7,10-12H2,1H3. The summed E-state index contributed by atoms with van der Waals surface area (Å²) >= 11 is 0. The third-order valence-electron chi connectivity index (χ3n) is 4.19. The SMILES string of the molecule is CCNS(=O)(=O)OC1OC2(CCCC2)OC1Cc1ccccc1. The fourth-order valence-electron chi connectivity index (χ4n) is 3.20. The Balaban J connectivity index is 1.76. The molecule has 2 atom stereocenters. The molecule has 0 radical (unpaired) electrons. The Hall–Kier alpha value is -0.990. The van der Waals surface area contributed by atoms with Crippen LogP contribution in [0.5, 0.6) is 0 Å². The molecule has 1 aromatic rings. The maximum atomic E-state index is 11.9. The zero-order valence-corrected chi connectivity index (χ0v) is 14.1. The monoisotopic (exact) mass is 341 g/mol. The Kier molecular flexibility index (Phi) is 5.03. The highest BCUT2D eigenvalue weighted by Crippen LogP contribution is 2.43. The average Bonchev–Trinajstić information content (AvgIpc) is 3.07. The van der Waals surface area contributed by atoms with Gasteiger partial charge >= 0.3 is 10.3 Å². The quantitative estimate of drug-likeness (QED) is 0.858. The highest BCUT2D eigenvalue weighted by Gasteiger charge is 2.50. The summed E-state index contributed by atoms with van der Waals surface area (Å²) in [5, 5.41) is 0. The first-order valence-corrected chi connectivity index (χ1v) is 9.50. The molecular weight excluding hydrogens is 318 g/mol. The molecule has 6 nitrogen and oxygen atoms in total. The van der Waals surface area contributed by atoms with Gasteiger partial charge in [0.05, 0.1) is 0 Å². The lowest BCUT2D eigenvalue weighted by atomic mass is 10.1. The normalized spacial score (nSPS) is 26.8. The van der Waals surface area contributed by atoms with E-state index >= 15 is 0 Å². The number of rotatable bonds is 6. The molecule has 2 aliphatic rings. The van der Waals surface area contributed by atoms with Crippen LogP contribution in [0.4, 0.5) is 0 Å². The van der Waals surface area contributed by atoms with Crippen LogP contribution in [-0.4, -0.2) is 33.1 Å². The van der Waals surface area contributed by atoms with E-state index < -0.39 is 28.5 Å². The summed E-state index contributed by atoms with van der Waals surface area (Å²) in [6, 6.07) is 9.80. The van der Waals surface area contributed by atoms with Crippen molar-refractivity contribution < 1.29 is 22.1 Å². The van der Waals surface area contributed by atoms with E-state index in [1.54, 1.807) is 6.92 Å². The first kappa shape index (κ1) is 16.9. The van der Waals surface area contributed by atoms with Crippen LogP contribution >= 0.6 is 0 Å². The number of benzene rings is 1. The highest BCUT2D eigenvalue weighted by atomic mass is 32.2. The number of hydrogen-bond acceptors (Lipinski definition) is 5. The van der Waals surface area contributed by atoms with Gasteiger partial charge in [-0.15, -0.1) is 0 Å².